The number of ketones is 1. The number of nitrogens with zero attached hydrogens (tertiary/aromatic N) is 1. The number of hydrogen-bond acceptors (Lipinski definition) is 8. The molecule has 2 atom stereocenters. The van der Waals surface area contributed by atoms with Crippen molar-refractivity contribution in [3.05, 3.63) is 41.0 Å². The molecule has 2 aliphatic heterocycles. The summed E-state index contributed by atoms with van der Waals surface area (Å²) in [6, 6.07) is 3.53. The SMILES string of the molecule is COC1=C[C@@]2(C[C@@H](C)N=C2c2cc(OC)c3c(c2)OCO3)C(OC)=C(O)C1=O. The van der Waals surface area contributed by atoms with Gasteiger partial charge in [0, 0.05) is 11.6 Å². The van der Waals surface area contributed by atoms with Crippen molar-refractivity contribution >= 4 is 11.5 Å². The summed E-state index contributed by atoms with van der Waals surface area (Å²) in [5.74, 6) is 0.692. The van der Waals surface area contributed by atoms with E-state index in [0.29, 0.717) is 34.9 Å². The molecular weight excluding hydrogens is 366 g/mol. The van der Waals surface area contributed by atoms with E-state index < -0.39 is 17.0 Å². The highest BCUT2D eigenvalue weighted by molar-refractivity contribution is 6.15. The molecule has 0 saturated carbocycles. The average Bonchev–Trinajstić information content (AvgIpc) is 3.29. The molecule has 1 aliphatic carbocycles. The Labute approximate surface area is 162 Å². The van der Waals surface area contributed by atoms with Crippen LogP contribution in [0.1, 0.15) is 18.9 Å². The van der Waals surface area contributed by atoms with Gasteiger partial charge in [0.25, 0.3) is 5.78 Å². The lowest BCUT2D eigenvalue weighted by Crippen LogP contribution is -2.36. The van der Waals surface area contributed by atoms with Gasteiger partial charge in [-0.3, -0.25) is 9.79 Å². The maximum Gasteiger partial charge on any atom is 0.265 e. The number of carbonyl (C=O) groups excluding carboxylic acids is 1. The summed E-state index contributed by atoms with van der Waals surface area (Å²) in [5.41, 5.74) is 0.395. The molecule has 148 valence electrons. The van der Waals surface area contributed by atoms with Crippen LogP contribution in [0.4, 0.5) is 0 Å². The van der Waals surface area contributed by atoms with Gasteiger partial charge in [0.15, 0.2) is 23.0 Å². The third-order valence-electron chi connectivity index (χ3n) is 5.18. The maximum absolute atomic E-state index is 12.4. The lowest BCUT2D eigenvalue weighted by atomic mass is 9.72. The number of methoxy groups -OCH3 is 3. The molecule has 0 fully saturated rings. The second-order valence-electron chi connectivity index (χ2n) is 6.84. The molecule has 2 heterocycles. The van der Waals surface area contributed by atoms with Gasteiger partial charge in [-0.05, 0) is 31.6 Å². The number of allylic oxidation sites excluding steroid dienone is 1. The number of carbonyl (C=O) groups is 1. The number of fused-ring (bicyclic) bond motifs is 1. The average molecular weight is 387 g/mol. The highest BCUT2D eigenvalue weighted by Crippen LogP contribution is 2.50. The van der Waals surface area contributed by atoms with Crippen LogP contribution in [0.2, 0.25) is 0 Å². The third kappa shape index (κ3) is 2.44. The molecule has 4 rings (SSSR count). The molecule has 0 amide bonds. The Hall–Kier alpha value is -3.16. The Bertz CT molecular complexity index is 946. The van der Waals surface area contributed by atoms with Crippen molar-refractivity contribution in [3.63, 3.8) is 0 Å². The highest BCUT2D eigenvalue weighted by atomic mass is 16.7. The number of rotatable bonds is 4. The number of aliphatic imine (C=N–C) groups is 1. The first-order valence-corrected chi connectivity index (χ1v) is 8.80. The highest BCUT2D eigenvalue weighted by Gasteiger charge is 2.51. The summed E-state index contributed by atoms with van der Waals surface area (Å²) in [5, 5.41) is 10.5. The summed E-state index contributed by atoms with van der Waals surface area (Å²) in [6.07, 6.45) is 2.18. The molecule has 8 heteroatoms. The first-order chi connectivity index (χ1) is 13.4. The first-order valence-electron chi connectivity index (χ1n) is 8.80. The minimum Gasteiger partial charge on any atom is -0.502 e. The fourth-order valence-electron chi connectivity index (χ4n) is 4.09. The van der Waals surface area contributed by atoms with E-state index in [1.165, 1.54) is 14.2 Å². The predicted octanol–water partition coefficient (Wildman–Crippen LogP) is 2.52. The van der Waals surface area contributed by atoms with Crippen molar-refractivity contribution in [2.45, 2.75) is 19.4 Å². The molecule has 0 bridgehead atoms. The Kier molecular flexibility index (Phi) is 4.21. The Morgan fingerprint density at radius 3 is 2.64 bits per heavy atom. The first kappa shape index (κ1) is 18.2. The van der Waals surface area contributed by atoms with E-state index in [0.717, 1.165) is 0 Å². The van der Waals surface area contributed by atoms with E-state index >= 15 is 0 Å². The third-order valence-corrected chi connectivity index (χ3v) is 5.18. The summed E-state index contributed by atoms with van der Waals surface area (Å²) < 4.78 is 27.2. The van der Waals surface area contributed by atoms with E-state index in [1.807, 2.05) is 13.0 Å². The summed E-state index contributed by atoms with van der Waals surface area (Å²) in [6.45, 7) is 2.06. The van der Waals surface area contributed by atoms with E-state index in [9.17, 15) is 9.90 Å². The normalized spacial score (nSPS) is 25.7. The zero-order valence-electron chi connectivity index (χ0n) is 16.1. The van der Waals surface area contributed by atoms with Gasteiger partial charge in [0.1, 0.15) is 0 Å². The van der Waals surface area contributed by atoms with Crippen molar-refractivity contribution in [1.82, 2.24) is 0 Å². The van der Waals surface area contributed by atoms with Gasteiger partial charge in [0.05, 0.1) is 32.5 Å². The van der Waals surface area contributed by atoms with Gasteiger partial charge in [0.2, 0.25) is 18.3 Å². The van der Waals surface area contributed by atoms with E-state index in [-0.39, 0.29) is 24.4 Å². The van der Waals surface area contributed by atoms with Crippen LogP contribution in [-0.4, -0.2) is 50.8 Å². The number of Topliss-reactive ketones (excluding diaryl/α,β-unsaturated/α-hetero) is 1. The van der Waals surface area contributed by atoms with E-state index in [4.69, 9.17) is 28.7 Å². The number of benzene rings is 1. The minimum atomic E-state index is -0.948. The number of aliphatic hydroxyl groups is 1. The summed E-state index contributed by atoms with van der Waals surface area (Å²) in [7, 11) is 4.36. The van der Waals surface area contributed by atoms with Crippen LogP contribution in [0.3, 0.4) is 0 Å². The fourth-order valence-corrected chi connectivity index (χ4v) is 4.09. The predicted molar refractivity (Wildman–Crippen MR) is 98.9 cm³/mol. The smallest absolute Gasteiger partial charge is 0.265 e. The molecule has 3 aliphatic rings. The number of hydrogen-bond donors (Lipinski definition) is 1. The minimum absolute atomic E-state index is 0.0489. The van der Waals surface area contributed by atoms with Gasteiger partial charge in [-0.1, -0.05) is 0 Å². The second-order valence-corrected chi connectivity index (χ2v) is 6.84. The van der Waals surface area contributed by atoms with Crippen LogP contribution in [0.25, 0.3) is 0 Å². The largest absolute Gasteiger partial charge is 0.502 e. The van der Waals surface area contributed by atoms with Crippen molar-refractivity contribution < 1.29 is 33.6 Å². The molecule has 0 aromatic heterocycles. The lowest BCUT2D eigenvalue weighted by molar-refractivity contribution is -0.118. The van der Waals surface area contributed by atoms with E-state index in [1.54, 1.807) is 19.3 Å². The zero-order chi connectivity index (χ0) is 20.1. The fraction of sp³-hybridized carbons (Fsp3) is 0.400. The van der Waals surface area contributed by atoms with Crippen LogP contribution in [-0.2, 0) is 14.3 Å². The maximum atomic E-state index is 12.4. The number of ether oxygens (including phenoxy) is 5. The standard InChI is InChI=1S/C20H21NO7/c1-10-7-20(8-14(25-3)15(22)16(23)19(20)26-4)18(21-10)11-5-12(24-2)17-13(6-11)27-9-28-17/h5-6,8,10,23H,7,9H2,1-4H3/t10-,20-/m1/s1. The van der Waals surface area contributed by atoms with Crippen LogP contribution in [0.15, 0.2) is 40.5 Å². The van der Waals surface area contributed by atoms with Crippen LogP contribution < -0.4 is 14.2 Å². The molecule has 0 unspecified atom stereocenters. The molecule has 1 N–H and O–H groups in total. The van der Waals surface area contributed by atoms with Gasteiger partial charge in [-0.15, -0.1) is 0 Å². The number of aliphatic hydroxyl groups excluding tert-OH is 1. The molecular formula is C20H21NO7. The van der Waals surface area contributed by atoms with Crippen molar-refractivity contribution in [2.75, 3.05) is 28.1 Å². The molecule has 1 aromatic rings. The Morgan fingerprint density at radius 2 is 1.96 bits per heavy atom. The molecule has 0 saturated heterocycles. The monoisotopic (exact) mass is 387 g/mol. The molecule has 1 spiro atoms. The van der Waals surface area contributed by atoms with Crippen LogP contribution >= 0.6 is 0 Å². The van der Waals surface area contributed by atoms with E-state index in [2.05, 4.69) is 0 Å². The van der Waals surface area contributed by atoms with Crippen molar-refractivity contribution in [2.24, 2.45) is 10.4 Å². The molecule has 1 aromatic carbocycles. The lowest BCUT2D eigenvalue weighted by Gasteiger charge is -2.33. The summed E-state index contributed by atoms with van der Waals surface area (Å²) in [4.78, 5) is 17.2. The zero-order valence-corrected chi connectivity index (χ0v) is 16.1. The van der Waals surface area contributed by atoms with Crippen molar-refractivity contribution in [1.29, 1.82) is 0 Å². The topological polar surface area (TPSA) is 95.8 Å². The quantitative estimate of drug-likeness (QED) is 0.848. The van der Waals surface area contributed by atoms with Gasteiger partial charge in [-0.2, -0.15) is 0 Å². The molecule has 0 radical (unpaired) electrons. The van der Waals surface area contributed by atoms with Gasteiger partial charge < -0.3 is 28.8 Å². The van der Waals surface area contributed by atoms with Crippen LogP contribution in [0, 0.1) is 5.41 Å². The van der Waals surface area contributed by atoms with Crippen molar-refractivity contribution in [3.8, 4) is 17.2 Å². The Balaban J connectivity index is 1.93. The molecule has 28 heavy (non-hydrogen) atoms. The van der Waals surface area contributed by atoms with Gasteiger partial charge >= 0.3 is 0 Å². The summed E-state index contributed by atoms with van der Waals surface area (Å²) >= 11 is 0. The molecule has 8 nitrogen and oxygen atoms in total. The second kappa shape index (κ2) is 6.47. The Morgan fingerprint density at radius 1 is 1.18 bits per heavy atom. The van der Waals surface area contributed by atoms with Crippen LogP contribution in [0.5, 0.6) is 17.2 Å². The van der Waals surface area contributed by atoms with Gasteiger partial charge in [-0.25, -0.2) is 0 Å².